The number of ether oxygens (including phenoxy) is 1. The molecular formula is C9H9BrF2O2. The Morgan fingerprint density at radius 1 is 1.43 bits per heavy atom. The Hall–Kier alpha value is -0.680. The van der Waals surface area contributed by atoms with Crippen molar-refractivity contribution in [3.05, 3.63) is 29.8 Å². The third-order valence-corrected chi connectivity index (χ3v) is 2.27. The number of hydrogen-bond donors (Lipinski definition) is 1. The van der Waals surface area contributed by atoms with Crippen LogP contribution >= 0.6 is 15.9 Å². The first-order valence-corrected chi connectivity index (χ1v) is 5.08. The fourth-order valence-electron chi connectivity index (χ4n) is 0.826. The number of hydrogen-bond acceptors (Lipinski definition) is 2. The Morgan fingerprint density at radius 3 is 2.79 bits per heavy atom. The van der Waals surface area contributed by atoms with Gasteiger partial charge < -0.3 is 9.84 Å². The van der Waals surface area contributed by atoms with Gasteiger partial charge in [-0.2, -0.15) is 4.39 Å². The number of aliphatic hydroxyl groups is 1. The molecule has 0 aromatic heterocycles. The zero-order chi connectivity index (χ0) is 10.6. The summed E-state index contributed by atoms with van der Waals surface area (Å²) in [4.78, 5) is 0. The molecule has 1 aromatic carbocycles. The zero-order valence-electron chi connectivity index (χ0n) is 7.21. The minimum absolute atomic E-state index is 0.0778. The highest BCUT2D eigenvalue weighted by atomic mass is 79.9. The molecule has 0 heterocycles. The monoisotopic (exact) mass is 266 g/mol. The van der Waals surface area contributed by atoms with E-state index in [1.54, 1.807) is 0 Å². The molecule has 0 saturated carbocycles. The van der Waals surface area contributed by atoms with Gasteiger partial charge >= 0.3 is 0 Å². The lowest BCUT2D eigenvalue weighted by Gasteiger charge is -2.10. The lowest BCUT2D eigenvalue weighted by atomic mass is 10.3. The van der Waals surface area contributed by atoms with Gasteiger partial charge in [-0.25, -0.2) is 4.39 Å². The van der Waals surface area contributed by atoms with Crippen LogP contribution in [-0.4, -0.2) is 23.1 Å². The van der Waals surface area contributed by atoms with Crippen molar-refractivity contribution in [3.8, 4) is 5.75 Å². The van der Waals surface area contributed by atoms with Crippen LogP contribution in [0.4, 0.5) is 8.78 Å². The van der Waals surface area contributed by atoms with Crippen LogP contribution in [0.25, 0.3) is 0 Å². The largest absolute Gasteiger partial charge is 0.488 e. The Bertz CT molecular complexity index is 307. The van der Waals surface area contributed by atoms with Crippen LogP contribution in [0.3, 0.4) is 0 Å². The molecule has 0 fully saturated rings. The average Bonchev–Trinajstić information content (AvgIpc) is 2.20. The topological polar surface area (TPSA) is 29.5 Å². The Morgan fingerprint density at radius 2 is 2.14 bits per heavy atom. The molecule has 1 aromatic rings. The van der Waals surface area contributed by atoms with E-state index in [1.807, 2.05) is 0 Å². The molecule has 0 spiro atoms. The van der Waals surface area contributed by atoms with Crippen molar-refractivity contribution in [1.29, 1.82) is 0 Å². The third-order valence-electron chi connectivity index (χ3n) is 1.53. The summed E-state index contributed by atoms with van der Waals surface area (Å²) in [5.74, 6) is -2.19. The normalized spacial score (nSPS) is 12.6. The van der Waals surface area contributed by atoms with Crippen LogP contribution in [0.15, 0.2) is 18.2 Å². The van der Waals surface area contributed by atoms with E-state index < -0.39 is 17.7 Å². The van der Waals surface area contributed by atoms with Gasteiger partial charge in [0.15, 0.2) is 11.6 Å². The van der Waals surface area contributed by atoms with Crippen molar-refractivity contribution in [3.63, 3.8) is 0 Å². The molecular weight excluding hydrogens is 258 g/mol. The zero-order valence-corrected chi connectivity index (χ0v) is 8.80. The first-order valence-electron chi connectivity index (χ1n) is 3.96. The molecule has 2 nitrogen and oxygen atoms in total. The predicted octanol–water partition coefficient (Wildman–Crippen LogP) is 2.10. The fourth-order valence-corrected chi connectivity index (χ4v) is 1.01. The molecule has 0 aliphatic carbocycles. The van der Waals surface area contributed by atoms with Crippen LogP contribution in [0.1, 0.15) is 0 Å². The molecule has 0 aliphatic rings. The van der Waals surface area contributed by atoms with Crippen LogP contribution in [0.5, 0.6) is 5.75 Å². The van der Waals surface area contributed by atoms with E-state index in [4.69, 9.17) is 9.84 Å². The molecule has 14 heavy (non-hydrogen) atoms. The maximum atomic E-state index is 13.0. The summed E-state index contributed by atoms with van der Waals surface area (Å²) < 4.78 is 30.5. The second-order valence-corrected chi connectivity index (χ2v) is 3.32. The van der Waals surface area contributed by atoms with Crippen molar-refractivity contribution in [1.82, 2.24) is 0 Å². The summed E-state index contributed by atoms with van der Waals surface area (Å²) >= 11 is 3.02. The van der Waals surface area contributed by atoms with E-state index in [2.05, 4.69) is 15.9 Å². The smallest absolute Gasteiger partial charge is 0.200 e. The van der Waals surface area contributed by atoms with E-state index in [0.29, 0.717) is 5.33 Å². The fraction of sp³-hybridized carbons (Fsp3) is 0.333. The van der Waals surface area contributed by atoms with E-state index in [0.717, 1.165) is 6.07 Å². The van der Waals surface area contributed by atoms with E-state index in [9.17, 15) is 8.78 Å². The van der Waals surface area contributed by atoms with Crippen LogP contribution in [0, 0.1) is 11.6 Å². The lowest BCUT2D eigenvalue weighted by Crippen LogP contribution is -2.19. The molecule has 0 saturated heterocycles. The lowest BCUT2D eigenvalue weighted by molar-refractivity contribution is 0.124. The molecule has 0 bridgehead atoms. The second kappa shape index (κ2) is 5.26. The van der Waals surface area contributed by atoms with Crippen molar-refractivity contribution < 1.29 is 18.6 Å². The number of halogens is 3. The summed E-state index contributed by atoms with van der Waals surface area (Å²) in [5.41, 5.74) is 0. The minimum Gasteiger partial charge on any atom is -0.488 e. The average molecular weight is 267 g/mol. The predicted molar refractivity (Wildman–Crippen MR) is 51.7 cm³/mol. The summed E-state index contributed by atoms with van der Waals surface area (Å²) in [6.45, 7) is -0.0778. The van der Waals surface area contributed by atoms with Gasteiger partial charge in [0.2, 0.25) is 5.82 Å². The summed E-state index contributed by atoms with van der Waals surface area (Å²) in [6.07, 6.45) is -0.738. The first-order chi connectivity index (χ1) is 6.65. The van der Waals surface area contributed by atoms with Crippen LogP contribution < -0.4 is 4.74 Å². The number of rotatable bonds is 4. The maximum absolute atomic E-state index is 13.0. The first kappa shape index (κ1) is 11.4. The third kappa shape index (κ3) is 2.92. The molecule has 1 atom stereocenters. The summed E-state index contributed by atoms with van der Waals surface area (Å²) in [6, 6.07) is 3.65. The van der Waals surface area contributed by atoms with Crippen molar-refractivity contribution in [2.75, 3.05) is 11.9 Å². The molecule has 1 rings (SSSR count). The molecule has 1 unspecified atom stereocenters. The molecule has 5 heteroatoms. The van der Waals surface area contributed by atoms with Gasteiger partial charge in [0.25, 0.3) is 0 Å². The molecule has 78 valence electrons. The van der Waals surface area contributed by atoms with Gasteiger partial charge in [0, 0.05) is 5.33 Å². The maximum Gasteiger partial charge on any atom is 0.200 e. The Labute approximate surface area is 88.6 Å². The molecule has 1 N–H and O–H groups in total. The summed E-state index contributed by atoms with van der Waals surface area (Å²) in [5, 5.41) is 9.41. The quantitative estimate of drug-likeness (QED) is 0.846. The van der Waals surface area contributed by atoms with Gasteiger partial charge in [0.1, 0.15) is 6.61 Å². The van der Waals surface area contributed by atoms with E-state index in [-0.39, 0.29) is 12.4 Å². The SMILES string of the molecule is OC(CBr)COc1cccc(F)c1F. The highest BCUT2D eigenvalue weighted by Gasteiger charge is 2.10. The number of benzene rings is 1. The highest BCUT2D eigenvalue weighted by Crippen LogP contribution is 2.19. The number of alkyl halides is 1. The molecule has 0 radical (unpaired) electrons. The van der Waals surface area contributed by atoms with E-state index >= 15 is 0 Å². The second-order valence-electron chi connectivity index (χ2n) is 2.67. The van der Waals surface area contributed by atoms with Crippen LogP contribution in [0.2, 0.25) is 0 Å². The standard InChI is InChI=1S/C9H9BrF2O2/c10-4-6(13)5-14-8-3-1-2-7(11)9(8)12/h1-3,6,13H,4-5H2. The van der Waals surface area contributed by atoms with E-state index in [1.165, 1.54) is 12.1 Å². The highest BCUT2D eigenvalue weighted by molar-refractivity contribution is 9.09. The Kier molecular flexibility index (Phi) is 4.28. The minimum atomic E-state index is -1.03. The van der Waals surface area contributed by atoms with Crippen molar-refractivity contribution >= 4 is 15.9 Å². The van der Waals surface area contributed by atoms with Gasteiger partial charge in [-0.1, -0.05) is 22.0 Å². The van der Waals surface area contributed by atoms with Gasteiger partial charge in [-0.15, -0.1) is 0 Å². The number of aliphatic hydroxyl groups excluding tert-OH is 1. The van der Waals surface area contributed by atoms with Gasteiger partial charge in [-0.3, -0.25) is 0 Å². The van der Waals surface area contributed by atoms with Crippen LogP contribution in [-0.2, 0) is 0 Å². The van der Waals surface area contributed by atoms with Gasteiger partial charge in [-0.05, 0) is 12.1 Å². The van der Waals surface area contributed by atoms with Gasteiger partial charge in [0.05, 0.1) is 6.10 Å². The molecule has 0 aliphatic heterocycles. The Balaban J connectivity index is 2.63. The summed E-state index contributed by atoms with van der Waals surface area (Å²) in [7, 11) is 0. The van der Waals surface area contributed by atoms with Crippen molar-refractivity contribution in [2.45, 2.75) is 6.10 Å². The van der Waals surface area contributed by atoms with Crippen molar-refractivity contribution in [2.24, 2.45) is 0 Å². The molecule has 0 amide bonds.